The van der Waals surface area contributed by atoms with Gasteiger partial charge < -0.3 is 0 Å². The van der Waals surface area contributed by atoms with Gasteiger partial charge in [0.2, 0.25) is 0 Å². The fourth-order valence-electron chi connectivity index (χ4n) is 1.73. The van der Waals surface area contributed by atoms with Crippen LogP contribution in [-0.4, -0.2) is 0 Å². The molecule has 0 saturated carbocycles. The molecular weight excluding hydrogens is 216 g/mol. The van der Waals surface area contributed by atoms with E-state index >= 15 is 0 Å². The minimum absolute atomic E-state index is 0.962. The molecule has 0 bridgehead atoms. The summed E-state index contributed by atoms with van der Waals surface area (Å²) in [6.45, 7) is 2.09. The van der Waals surface area contributed by atoms with E-state index in [1.54, 1.807) is 11.3 Å². The quantitative estimate of drug-likeness (QED) is 0.546. The number of para-hydroxylation sites is 1. The molecule has 1 nitrogen and oxygen atoms in total. The highest BCUT2D eigenvalue weighted by Crippen LogP contribution is 2.33. The average molecular weight is 227 g/mol. The van der Waals surface area contributed by atoms with E-state index < -0.39 is 0 Å². The summed E-state index contributed by atoms with van der Waals surface area (Å²) in [7, 11) is 0. The van der Waals surface area contributed by atoms with Crippen LogP contribution in [-0.2, 0) is 0 Å². The van der Waals surface area contributed by atoms with E-state index in [1.807, 2.05) is 18.2 Å². The Kier molecular flexibility index (Phi) is 2.22. The van der Waals surface area contributed by atoms with Gasteiger partial charge in [-0.05, 0) is 36.5 Å². The Hall–Kier alpha value is -1.67. The monoisotopic (exact) mass is 227 g/mol. The molecule has 0 aliphatic rings. The van der Waals surface area contributed by atoms with Crippen molar-refractivity contribution in [2.24, 2.45) is 0 Å². The number of benzene rings is 2. The zero-order chi connectivity index (χ0) is 11.0. The van der Waals surface area contributed by atoms with E-state index in [0.29, 0.717) is 0 Å². The molecule has 0 saturated heterocycles. The Bertz CT molecular complexity index is 607. The molecule has 2 heteroatoms. The third kappa shape index (κ3) is 1.61. The molecule has 0 atom stereocenters. The fourth-order valence-corrected chi connectivity index (χ4v) is 2.66. The Balaban J connectivity index is 2.19. The van der Waals surface area contributed by atoms with Gasteiger partial charge in [0, 0.05) is 6.07 Å². The van der Waals surface area contributed by atoms with Crippen LogP contribution in [0, 0.1) is 6.92 Å². The van der Waals surface area contributed by atoms with Gasteiger partial charge in [-0.25, -0.2) is 0 Å². The molecule has 0 unspecified atom stereocenters. The van der Waals surface area contributed by atoms with Gasteiger partial charge in [-0.3, -0.25) is 0 Å². The molecule has 3 rings (SSSR count). The third-order valence-corrected chi connectivity index (χ3v) is 3.57. The lowest BCUT2D eigenvalue weighted by Crippen LogP contribution is -1.73. The minimum atomic E-state index is 0.962. The summed E-state index contributed by atoms with van der Waals surface area (Å²) in [4.78, 5) is 0. The SMILES string of the molecule is Cc1cccc(-c2[o+]c3ccccc3s2)c1. The lowest BCUT2D eigenvalue weighted by molar-refractivity contribution is 0.638. The molecule has 1 heterocycles. The minimum Gasteiger partial charge on any atom is -0.194 e. The smallest absolute Gasteiger partial charge is 0.194 e. The summed E-state index contributed by atoms with van der Waals surface area (Å²) in [6, 6.07) is 16.5. The molecule has 3 aromatic rings. The molecule has 0 N–H and O–H groups in total. The summed E-state index contributed by atoms with van der Waals surface area (Å²) >= 11 is 1.69. The molecule has 78 valence electrons. The average Bonchev–Trinajstić information content (AvgIpc) is 2.72. The number of fused-ring (bicyclic) bond motifs is 1. The van der Waals surface area contributed by atoms with Crippen molar-refractivity contribution in [2.45, 2.75) is 6.92 Å². The highest BCUT2D eigenvalue weighted by Gasteiger charge is 2.18. The maximum absolute atomic E-state index is 5.83. The van der Waals surface area contributed by atoms with Gasteiger partial charge in [0.05, 0.1) is 5.56 Å². The molecule has 2 aromatic carbocycles. The third-order valence-electron chi connectivity index (χ3n) is 2.51. The summed E-state index contributed by atoms with van der Waals surface area (Å²) in [5.74, 6) is 0. The van der Waals surface area contributed by atoms with E-state index in [0.717, 1.165) is 16.2 Å². The van der Waals surface area contributed by atoms with Crippen molar-refractivity contribution >= 4 is 21.6 Å². The summed E-state index contributed by atoms with van der Waals surface area (Å²) < 4.78 is 7.02. The first-order chi connectivity index (χ1) is 7.83. The first-order valence-corrected chi connectivity index (χ1v) is 6.03. The Morgan fingerprint density at radius 1 is 1.00 bits per heavy atom. The first kappa shape index (κ1) is 9.55. The summed E-state index contributed by atoms with van der Waals surface area (Å²) in [5.41, 5.74) is 3.37. The zero-order valence-electron chi connectivity index (χ0n) is 8.94. The topological polar surface area (TPSA) is 11.3 Å². The number of hydrogen-bond donors (Lipinski definition) is 0. The van der Waals surface area contributed by atoms with E-state index in [2.05, 4.69) is 37.3 Å². The second-order valence-corrected chi connectivity index (χ2v) is 4.82. The molecule has 16 heavy (non-hydrogen) atoms. The van der Waals surface area contributed by atoms with Gasteiger partial charge in [0.1, 0.15) is 4.70 Å². The van der Waals surface area contributed by atoms with Crippen molar-refractivity contribution in [3.63, 3.8) is 0 Å². The highest BCUT2D eigenvalue weighted by atomic mass is 32.1. The standard InChI is InChI=1S/C14H11OS/c1-10-5-4-6-11(9-10)14-15-12-7-2-3-8-13(12)16-14/h2-9H,1H3/q+1. The summed E-state index contributed by atoms with van der Waals surface area (Å²) in [5, 5.41) is 0.977. The molecule has 0 amide bonds. The second kappa shape index (κ2) is 3.72. The molecule has 0 spiro atoms. The van der Waals surface area contributed by atoms with Crippen molar-refractivity contribution in [3.05, 3.63) is 54.1 Å². The van der Waals surface area contributed by atoms with Crippen LogP contribution in [0.4, 0.5) is 0 Å². The van der Waals surface area contributed by atoms with Gasteiger partial charge in [-0.1, -0.05) is 29.8 Å². The number of hydrogen-bond acceptors (Lipinski definition) is 1. The van der Waals surface area contributed by atoms with Crippen LogP contribution in [0.15, 0.2) is 52.9 Å². The molecule has 0 aliphatic carbocycles. The molecule has 0 aliphatic heterocycles. The van der Waals surface area contributed by atoms with Crippen molar-refractivity contribution < 1.29 is 4.42 Å². The predicted octanol–water partition coefficient (Wildman–Crippen LogP) is 4.75. The van der Waals surface area contributed by atoms with Crippen LogP contribution in [0.1, 0.15) is 5.56 Å². The first-order valence-electron chi connectivity index (χ1n) is 5.22. The van der Waals surface area contributed by atoms with Crippen LogP contribution in [0.25, 0.3) is 20.9 Å². The van der Waals surface area contributed by atoms with E-state index in [1.165, 1.54) is 10.3 Å². The van der Waals surface area contributed by atoms with Gasteiger partial charge in [0.25, 0.3) is 0 Å². The van der Waals surface area contributed by atoms with Crippen LogP contribution in [0.5, 0.6) is 0 Å². The van der Waals surface area contributed by atoms with Crippen molar-refractivity contribution in [3.8, 4) is 10.6 Å². The Morgan fingerprint density at radius 2 is 1.88 bits per heavy atom. The van der Waals surface area contributed by atoms with E-state index in [4.69, 9.17) is 4.42 Å². The lowest BCUT2D eigenvalue weighted by Gasteiger charge is -1.90. The maximum atomic E-state index is 5.83. The van der Waals surface area contributed by atoms with E-state index in [9.17, 15) is 0 Å². The van der Waals surface area contributed by atoms with Crippen molar-refractivity contribution in [1.29, 1.82) is 0 Å². The number of rotatable bonds is 1. The largest absolute Gasteiger partial charge is 0.418 e. The lowest BCUT2D eigenvalue weighted by atomic mass is 10.2. The molecule has 1 aromatic heterocycles. The van der Waals surface area contributed by atoms with Crippen LogP contribution >= 0.6 is 11.3 Å². The highest BCUT2D eigenvalue weighted by molar-refractivity contribution is 7.21. The second-order valence-electron chi connectivity index (χ2n) is 3.81. The van der Waals surface area contributed by atoms with Crippen molar-refractivity contribution in [2.75, 3.05) is 0 Å². The summed E-state index contributed by atoms with van der Waals surface area (Å²) in [6.07, 6.45) is 0. The van der Waals surface area contributed by atoms with Crippen LogP contribution in [0.3, 0.4) is 0 Å². The number of aryl methyl sites for hydroxylation is 1. The predicted molar refractivity (Wildman–Crippen MR) is 68.7 cm³/mol. The molecule has 0 fully saturated rings. The molecular formula is C14H11OS+. The Morgan fingerprint density at radius 3 is 2.69 bits per heavy atom. The van der Waals surface area contributed by atoms with Crippen molar-refractivity contribution in [1.82, 2.24) is 0 Å². The van der Waals surface area contributed by atoms with Gasteiger partial charge in [-0.2, -0.15) is 4.42 Å². The fraction of sp³-hybridized carbons (Fsp3) is 0.0714. The Labute approximate surface area is 98.0 Å². The van der Waals surface area contributed by atoms with Crippen LogP contribution in [0.2, 0.25) is 0 Å². The van der Waals surface area contributed by atoms with Gasteiger partial charge in [-0.15, -0.1) is 0 Å². The van der Waals surface area contributed by atoms with Gasteiger partial charge in [0.15, 0.2) is 0 Å². The maximum Gasteiger partial charge on any atom is 0.418 e. The normalized spacial score (nSPS) is 10.8. The molecule has 0 radical (unpaired) electrons. The van der Waals surface area contributed by atoms with Gasteiger partial charge >= 0.3 is 10.7 Å². The van der Waals surface area contributed by atoms with Crippen LogP contribution < -0.4 is 0 Å². The van der Waals surface area contributed by atoms with E-state index in [-0.39, 0.29) is 0 Å². The zero-order valence-corrected chi connectivity index (χ0v) is 9.75.